The van der Waals surface area contributed by atoms with Gasteiger partial charge in [0.15, 0.2) is 0 Å². The van der Waals surface area contributed by atoms with E-state index in [2.05, 4.69) is 17.3 Å². The van der Waals surface area contributed by atoms with Crippen LogP contribution in [0.15, 0.2) is 30.3 Å². The van der Waals surface area contributed by atoms with E-state index in [0.29, 0.717) is 26.1 Å². The number of nitrogens with zero attached hydrogens (tertiary/aromatic N) is 4. The molecule has 1 aliphatic heterocycles. The maximum atomic E-state index is 14.9. The zero-order valence-corrected chi connectivity index (χ0v) is 19.0. The molecule has 1 fully saturated rings. The molecule has 0 aliphatic carbocycles. The van der Waals surface area contributed by atoms with Gasteiger partial charge in [-0.1, -0.05) is 19.1 Å². The van der Waals surface area contributed by atoms with Gasteiger partial charge in [0.25, 0.3) is 0 Å². The number of carbonyl (C=O) groups excluding carboxylic acids is 1. The van der Waals surface area contributed by atoms with Crippen molar-refractivity contribution in [3.05, 3.63) is 47.3 Å². The Kier molecular flexibility index (Phi) is 7.90. The highest BCUT2D eigenvalue weighted by Gasteiger charge is 2.35. The summed E-state index contributed by atoms with van der Waals surface area (Å²) in [5.74, 6) is 0.815. The molecule has 1 aromatic heterocycles. The van der Waals surface area contributed by atoms with Crippen LogP contribution >= 0.6 is 0 Å². The molecule has 31 heavy (non-hydrogen) atoms. The molecule has 170 valence electrons. The fourth-order valence-corrected chi connectivity index (χ4v) is 3.82. The quantitative estimate of drug-likeness (QED) is 0.697. The molecule has 2 amide bonds. The third kappa shape index (κ3) is 6.19. The first-order valence-corrected chi connectivity index (χ1v) is 11.0. The van der Waals surface area contributed by atoms with Crippen LogP contribution in [0.1, 0.15) is 36.7 Å². The number of likely N-dealkylation sites (tertiary alicyclic amines) is 1. The Morgan fingerprint density at radius 1 is 1.32 bits per heavy atom. The third-order valence-electron chi connectivity index (χ3n) is 5.71. The number of hydrogen-bond donors (Lipinski definition) is 1. The summed E-state index contributed by atoms with van der Waals surface area (Å²) in [4.78, 5) is 16.7. The van der Waals surface area contributed by atoms with Gasteiger partial charge in [0.05, 0.1) is 24.9 Å². The van der Waals surface area contributed by atoms with E-state index < -0.39 is 12.2 Å². The first kappa shape index (κ1) is 23.1. The molecule has 1 aromatic carbocycles. The number of carbonyl (C=O) groups is 1. The second kappa shape index (κ2) is 10.6. The van der Waals surface area contributed by atoms with Crippen molar-refractivity contribution >= 4 is 6.03 Å². The molecule has 1 saturated heterocycles. The van der Waals surface area contributed by atoms with Gasteiger partial charge in [0.1, 0.15) is 11.9 Å². The van der Waals surface area contributed by atoms with Crippen molar-refractivity contribution in [2.75, 3.05) is 26.7 Å². The number of aryl methyl sites for hydroxylation is 2. The second-order valence-electron chi connectivity index (χ2n) is 8.31. The first-order chi connectivity index (χ1) is 14.9. The van der Waals surface area contributed by atoms with Gasteiger partial charge in [0, 0.05) is 32.4 Å². The standard InChI is InChI=1S/C23H34FN5O2/c1-5-12-31-20-8-6-18(7-9-20)14-25-23(30)29(15-19-13-17(2)28(4)26-19)22-10-11-27(3)16-21(22)24/h6-9,13,21-22H,5,10-12,14-16H2,1-4H3,(H,25,30)/t21-,22+/m1/s1. The zero-order chi connectivity index (χ0) is 22.4. The van der Waals surface area contributed by atoms with Gasteiger partial charge in [-0.05, 0) is 50.6 Å². The van der Waals surface area contributed by atoms with Crippen molar-refractivity contribution in [3.63, 3.8) is 0 Å². The average Bonchev–Trinajstić information content (AvgIpc) is 3.07. The Balaban J connectivity index is 1.68. The highest BCUT2D eigenvalue weighted by molar-refractivity contribution is 5.74. The minimum absolute atomic E-state index is 0.271. The van der Waals surface area contributed by atoms with Crippen molar-refractivity contribution in [1.29, 1.82) is 0 Å². The molecule has 0 spiro atoms. The largest absolute Gasteiger partial charge is 0.494 e. The Morgan fingerprint density at radius 3 is 2.68 bits per heavy atom. The van der Waals surface area contributed by atoms with Crippen molar-refractivity contribution in [1.82, 2.24) is 24.9 Å². The van der Waals surface area contributed by atoms with E-state index in [4.69, 9.17) is 4.74 Å². The number of hydrogen-bond acceptors (Lipinski definition) is 4. The summed E-state index contributed by atoms with van der Waals surface area (Å²) in [5.41, 5.74) is 2.73. The highest BCUT2D eigenvalue weighted by Crippen LogP contribution is 2.22. The van der Waals surface area contributed by atoms with Crippen LogP contribution in [0.2, 0.25) is 0 Å². The molecule has 1 aliphatic rings. The van der Waals surface area contributed by atoms with Gasteiger partial charge in [-0.2, -0.15) is 5.10 Å². The molecule has 2 atom stereocenters. The van der Waals surface area contributed by atoms with E-state index in [1.54, 1.807) is 9.58 Å². The number of halogens is 1. The Morgan fingerprint density at radius 2 is 2.06 bits per heavy atom. The van der Waals surface area contributed by atoms with Gasteiger partial charge >= 0.3 is 6.03 Å². The van der Waals surface area contributed by atoms with Gasteiger partial charge in [-0.3, -0.25) is 4.68 Å². The molecule has 0 radical (unpaired) electrons. The predicted octanol–water partition coefficient (Wildman–Crippen LogP) is 3.27. The maximum absolute atomic E-state index is 14.9. The Bertz CT molecular complexity index is 835. The smallest absolute Gasteiger partial charge is 0.318 e. The van der Waals surface area contributed by atoms with E-state index in [9.17, 15) is 9.18 Å². The lowest BCUT2D eigenvalue weighted by atomic mass is 10.0. The summed E-state index contributed by atoms with van der Waals surface area (Å²) < 4.78 is 22.3. The fourth-order valence-electron chi connectivity index (χ4n) is 3.82. The first-order valence-electron chi connectivity index (χ1n) is 11.0. The molecule has 2 heterocycles. The van der Waals surface area contributed by atoms with E-state index in [1.165, 1.54) is 0 Å². The number of nitrogens with one attached hydrogen (secondary N) is 1. The Labute approximate surface area is 184 Å². The van der Waals surface area contributed by atoms with Crippen LogP contribution in [0.4, 0.5) is 9.18 Å². The van der Waals surface area contributed by atoms with E-state index in [0.717, 1.165) is 35.7 Å². The molecule has 0 saturated carbocycles. The van der Waals surface area contributed by atoms with Gasteiger partial charge in [0.2, 0.25) is 0 Å². The summed E-state index contributed by atoms with van der Waals surface area (Å²) in [5, 5.41) is 7.43. The number of aromatic nitrogens is 2. The minimum atomic E-state index is -1.09. The lowest BCUT2D eigenvalue weighted by Crippen LogP contribution is -2.55. The van der Waals surface area contributed by atoms with Gasteiger partial charge < -0.3 is 19.9 Å². The topological polar surface area (TPSA) is 62.6 Å². The normalized spacial score (nSPS) is 19.3. The second-order valence-corrected chi connectivity index (χ2v) is 8.31. The number of alkyl halides is 1. The van der Waals surface area contributed by atoms with E-state index >= 15 is 0 Å². The molecule has 1 N–H and O–H groups in total. The number of piperidine rings is 1. The van der Waals surface area contributed by atoms with Crippen molar-refractivity contribution < 1.29 is 13.9 Å². The van der Waals surface area contributed by atoms with Crippen LogP contribution in [-0.4, -0.2) is 64.6 Å². The van der Waals surface area contributed by atoms with Crippen LogP contribution in [-0.2, 0) is 20.1 Å². The molecular formula is C23H34FN5O2. The third-order valence-corrected chi connectivity index (χ3v) is 5.71. The summed E-state index contributed by atoms with van der Waals surface area (Å²) in [6.45, 7) is 6.44. The van der Waals surface area contributed by atoms with Crippen LogP contribution in [0.3, 0.4) is 0 Å². The molecule has 8 heteroatoms. The average molecular weight is 432 g/mol. The van der Waals surface area contributed by atoms with Gasteiger partial charge in [-0.25, -0.2) is 9.18 Å². The molecule has 0 unspecified atom stereocenters. The molecule has 2 aromatic rings. The minimum Gasteiger partial charge on any atom is -0.494 e. The number of ether oxygens (including phenoxy) is 1. The lowest BCUT2D eigenvalue weighted by molar-refractivity contribution is 0.0565. The monoisotopic (exact) mass is 431 g/mol. The zero-order valence-electron chi connectivity index (χ0n) is 19.0. The summed E-state index contributed by atoms with van der Waals surface area (Å²) >= 11 is 0. The van der Waals surface area contributed by atoms with Crippen molar-refractivity contribution in [3.8, 4) is 5.75 Å². The molecular weight excluding hydrogens is 397 g/mol. The van der Waals surface area contributed by atoms with Crippen LogP contribution in [0.5, 0.6) is 5.75 Å². The SMILES string of the molecule is CCCOc1ccc(CNC(=O)N(Cc2cc(C)n(C)n2)[C@H]2CCN(C)C[C@H]2F)cc1. The van der Waals surface area contributed by atoms with Gasteiger partial charge in [-0.15, -0.1) is 0 Å². The molecule has 7 nitrogen and oxygen atoms in total. The predicted molar refractivity (Wildman–Crippen MR) is 119 cm³/mol. The number of benzene rings is 1. The Hall–Kier alpha value is -2.61. The number of rotatable bonds is 8. The maximum Gasteiger partial charge on any atom is 0.318 e. The number of amides is 2. The van der Waals surface area contributed by atoms with Crippen LogP contribution in [0, 0.1) is 6.92 Å². The van der Waals surface area contributed by atoms with Crippen LogP contribution < -0.4 is 10.1 Å². The van der Waals surface area contributed by atoms with Crippen molar-refractivity contribution in [2.24, 2.45) is 7.05 Å². The fraction of sp³-hybridized carbons (Fsp3) is 0.565. The highest BCUT2D eigenvalue weighted by atomic mass is 19.1. The number of urea groups is 1. The molecule has 3 rings (SSSR count). The molecule has 0 bridgehead atoms. The van der Waals surface area contributed by atoms with E-state index in [-0.39, 0.29) is 12.6 Å². The van der Waals surface area contributed by atoms with E-state index in [1.807, 2.05) is 56.3 Å². The van der Waals surface area contributed by atoms with Crippen LogP contribution in [0.25, 0.3) is 0 Å². The lowest BCUT2D eigenvalue weighted by Gasteiger charge is -2.39. The summed E-state index contributed by atoms with van der Waals surface area (Å²) in [6.07, 6.45) is 0.459. The summed E-state index contributed by atoms with van der Waals surface area (Å²) in [7, 11) is 3.77. The summed E-state index contributed by atoms with van der Waals surface area (Å²) in [6, 6.07) is 8.88. The van der Waals surface area contributed by atoms with Crippen molar-refractivity contribution in [2.45, 2.75) is 52.0 Å².